The summed E-state index contributed by atoms with van der Waals surface area (Å²) in [4.78, 5) is 2.70. The minimum absolute atomic E-state index is 0.820. The van der Waals surface area contributed by atoms with Crippen molar-refractivity contribution >= 4 is 15.9 Å². The molecular formula is C16H34BrN. The van der Waals surface area contributed by atoms with E-state index in [4.69, 9.17) is 0 Å². The molecule has 0 saturated carbocycles. The molecule has 2 heteroatoms. The zero-order chi connectivity index (χ0) is 14.0. The Bertz CT molecular complexity index is 168. The first-order valence-corrected chi connectivity index (χ1v) is 8.90. The monoisotopic (exact) mass is 319 g/mol. The van der Waals surface area contributed by atoms with Crippen LogP contribution >= 0.6 is 15.9 Å². The summed E-state index contributed by atoms with van der Waals surface area (Å²) in [5, 5.41) is 1.15. The summed E-state index contributed by atoms with van der Waals surface area (Å²) in [5.74, 6) is 2.47. The van der Waals surface area contributed by atoms with Gasteiger partial charge in [-0.15, -0.1) is 0 Å². The Kier molecular flexibility index (Phi) is 11.6. The largest absolute Gasteiger partial charge is 0.303 e. The highest BCUT2D eigenvalue weighted by molar-refractivity contribution is 9.09. The van der Waals surface area contributed by atoms with Crippen molar-refractivity contribution in [2.75, 3.05) is 25.0 Å². The van der Waals surface area contributed by atoms with Crippen LogP contribution in [-0.4, -0.2) is 29.9 Å². The lowest BCUT2D eigenvalue weighted by atomic mass is 10.0. The van der Waals surface area contributed by atoms with E-state index >= 15 is 0 Å². The van der Waals surface area contributed by atoms with Gasteiger partial charge in [0.1, 0.15) is 0 Å². The van der Waals surface area contributed by atoms with Crippen molar-refractivity contribution in [2.45, 2.75) is 60.3 Å². The van der Waals surface area contributed by atoms with Crippen molar-refractivity contribution in [3.05, 3.63) is 0 Å². The quantitative estimate of drug-likeness (QED) is 0.473. The van der Waals surface area contributed by atoms with Crippen LogP contribution in [0.2, 0.25) is 0 Å². The van der Waals surface area contributed by atoms with Crippen molar-refractivity contribution < 1.29 is 0 Å². The molecule has 0 bridgehead atoms. The molecule has 0 aliphatic heterocycles. The molecule has 0 aliphatic carbocycles. The van der Waals surface area contributed by atoms with Crippen LogP contribution in [0.4, 0.5) is 0 Å². The fraction of sp³-hybridized carbons (Fsp3) is 1.00. The molecular weight excluding hydrogens is 286 g/mol. The highest BCUT2D eigenvalue weighted by Crippen LogP contribution is 2.14. The molecule has 0 saturated heterocycles. The van der Waals surface area contributed by atoms with Gasteiger partial charge in [-0.1, -0.05) is 57.0 Å². The summed E-state index contributed by atoms with van der Waals surface area (Å²) in [5.41, 5.74) is 0. The van der Waals surface area contributed by atoms with Crippen LogP contribution in [0.15, 0.2) is 0 Å². The lowest BCUT2D eigenvalue weighted by Crippen LogP contribution is -2.33. The van der Waals surface area contributed by atoms with Gasteiger partial charge in [0.15, 0.2) is 0 Å². The Hall–Kier alpha value is 0.440. The molecule has 0 rings (SSSR count). The average molecular weight is 320 g/mol. The summed E-state index contributed by atoms with van der Waals surface area (Å²) >= 11 is 3.68. The van der Waals surface area contributed by atoms with E-state index in [1.807, 2.05) is 0 Å². The lowest BCUT2D eigenvalue weighted by molar-refractivity contribution is 0.211. The van der Waals surface area contributed by atoms with Gasteiger partial charge in [-0.3, -0.25) is 0 Å². The van der Waals surface area contributed by atoms with Gasteiger partial charge in [0.05, 0.1) is 0 Å². The van der Waals surface area contributed by atoms with E-state index in [-0.39, 0.29) is 0 Å². The van der Waals surface area contributed by atoms with Crippen LogP contribution in [0.3, 0.4) is 0 Å². The molecule has 0 spiro atoms. The van der Waals surface area contributed by atoms with Gasteiger partial charge in [0, 0.05) is 11.9 Å². The van der Waals surface area contributed by atoms with Crippen LogP contribution < -0.4 is 0 Å². The zero-order valence-corrected chi connectivity index (χ0v) is 14.8. The molecule has 18 heavy (non-hydrogen) atoms. The first-order valence-electron chi connectivity index (χ1n) is 7.77. The van der Waals surface area contributed by atoms with E-state index in [0.717, 1.165) is 23.1 Å². The number of hydrogen-bond donors (Lipinski definition) is 0. The number of nitrogens with zero attached hydrogens (tertiary/aromatic N) is 1. The van der Waals surface area contributed by atoms with Gasteiger partial charge in [0.25, 0.3) is 0 Å². The van der Waals surface area contributed by atoms with E-state index < -0.39 is 0 Å². The van der Waals surface area contributed by atoms with Gasteiger partial charge < -0.3 is 4.90 Å². The van der Waals surface area contributed by atoms with Crippen molar-refractivity contribution in [3.8, 4) is 0 Å². The molecule has 0 fully saturated rings. The standard InChI is InChI=1S/C16H34BrN/c1-6-7-16(12-17)13-18(10-8-14(2)3)11-9-15(4)5/h14-16H,6-13H2,1-5H3. The number of alkyl halides is 1. The minimum atomic E-state index is 0.820. The maximum absolute atomic E-state index is 3.68. The highest BCUT2D eigenvalue weighted by atomic mass is 79.9. The molecule has 0 aromatic heterocycles. The van der Waals surface area contributed by atoms with E-state index in [1.54, 1.807) is 0 Å². The molecule has 1 nitrogen and oxygen atoms in total. The number of rotatable bonds is 11. The second-order valence-corrected chi connectivity index (χ2v) is 7.12. The van der Waals surface area contributed by atoms with Gasteiger partial charge in [0.2, 0.25) is 0 Å². The fourth-order valence-corrected chi connectivity index (χ4v) is 2.70. The Morgan fingerprint density at radius 2 is 1.39 bits per heavy atom. The van der Waals surface area contributed by atoms with Crippen molar-refractivity contribution in [1.29, 1.82) is 0 Å². The highest BCUT2D eigenvalue weighted by Gasteiger charge is 2.13. The van der Waals surface area contributed by atoms with E-state index in [0.29, 0.717) is 0 Å². The third-order valence-corrected chi connectivity index (χ3v) is 4.39. The lowest BCUT2D eigenvalue weighted by Gasteiger charge is -2.28. The molecule has 0 aromatic rings. The Balaban J connectivity index is 4.16. The summed E-state index contributed by atoms with van der Waals surface area (Å²) < 4.78 is 0. The molecule has 0 amide bonds. The van der Waals surface area contributed by atoms with E-state index in [1.165, 1.54) is 45.3 Å². The molecule has 1 unspecified atom stereocenters. The van der Waals surface area contributed by atoms with Crippen molar-refractivity contribution in [1.82, 2.24) is 4.90 Å². The second-order valence-electron chi connectivity index (χ2n) is 6.47. The van der Waals surface area contributed by atoms with Crippen LogP contribution in [0.25, 0.3) is 0 Å². The third kappa shape index (κ3) is 10.4. The number of halogens is 1. The Morgan fingerprint density at radius 1 is 0.889 bits per heavy atom. The first-order chi connectivity index (χ1) is 8.49. The molecule has 0 radical (unpaired) electrons. The zero-order valence-electron chi connectivity index (χ0n) is 13.2. The van der Waals surface area contributed by atoms with Gasteiger partial charge >= 0.3 is 0 Å². The Labute approximate surface area is 124 Å². The van der Waals surface area contributed by atoms with Gasteiger partial charge in [-0.25, -0.2) is 0 Å². The SMILES string of the molecule is CCCC(CBr)CN(CCC(C)C)CCC(C)C. The molecule has 0 N–H and O–H groups in total. The molecule has 0 aromatic carbocycles. The summed E-state index contributed by atoms with van der Waals surface area (Å²) in [6, 6.07) is 0. The summed E-state index contributed by atoms with van der Waals surface area (Å²) in [6.45, 7) is 15.4. The van der Waals surface area contributed by atoms with Crippen LogP contribution in [-0.2, 0) is 0 Å². The van der Waals surface area contributed by atoms with Crippen LogP contribution in [0.1, 0.15) is 60.3 Å². The van der Waals surface area contributed by atoms with Gasteiger partial charge in [-0.05, 0) is 50.1 Å². The van der Waals surface area contributed by atoms with Crippen LogP contribution in [0.5, 0.6) is 0 Å². The summed E-state index contributed by atoms with van der Waals surface area (Å²) in [6.07, 6.45) is 5.32. The summed E-state index contributed by atoms with van der Waals surface area (Å²) in [7, 11) is 0. The molecule has 110 valence electrons. The molecule has 1 atom stereocenters. The molecule has 0 aliphatic rings. The molecule has 0 heterocycles. The predicted molar refractivity (Wildman–Crippen MR) is 87.5 cm³/mol. The predicted octanol–water partition coefficient (Wildman–Crippen LogP) is 5.19. The second kappa shape index (κ2) is 11.3. The normalized spacial score (nSPS) is 13.8. The maximum Gasteiger partial charge on any atom is 0.00718 e. The smallest absolute Gasteiger partial charge is 0.00718 e. The number of hydrogen-bond acceptors (Lipinski definition) is 1. The van der Waals surface area contributed by atoms with Crippen molar-refractivity contribution in [3.63, 3.8) is 0 Å². The van der Waals surface area contributed by atoms with Gasteiger partial charge in [-0.2, -0.15) is 0 Å². The first kappa shape index (κ1) is 18.4. The van der Waals surface area contributed by atoms with Crippen LogP contribution in [0, 0.1) is 17.8 Å². The minimum Gasteiger partial charge on any atom is -0.303 e. The van der Waals surface area contributed by atoms with Crippen molar-refractivity contribution in [2.24, 2.45) is 17.8 Å². The van der Waals surface area contributed by atoms with E-state index in [9.17, 15) is 0 Å². The average Bonchev–Trinajstić information content (AvgIpc) is 2.31. The Morgan fingerprint density at radius 3 is 1.72 bits per heavy atom. The third-order valence-electron chi connectivity index (χ3n) is 3.48. The maximum atomic E-state index is 3.68. The fourth-order valence-electron chi connectivity index (χ4n) is 2.17. The van der Waals surface area contributed by atoms with E-state index in [2.05, 4.69) is 55.4 Å². The topological polar surface area (TPSA) is 3.24 Å².